The fourth-order valence-electron chi connectivity index (χ4n) is 2.26. The Bertz CT molecular complexity index is 665. The van der Waals surface area contributed by atoms with Gasteiger partial charge in [0.1, 0.15) is 0 Å². The lowest BCUT2D eigenvalue weighted by Crippen LogP contribution is -2.39. The summed E-state index contributed by atoms with van der Waals surface area (Å²) < 4.78 is 5.21. The van der Waals surface area contributed by atoms with E-state index in [1.54, 1.807) is 31.5 Å². The van der Waals surface area contributed by atoms with Crippen molar-refractivity contribution in [3.63, 3.8) is 0 Å². The second-order valence-corrected chi connectivity index (χ2v) is 6.46. The lowest BCUT2D eigenvalue weighted by atomic mass is 10.2. The first-order chi connectivity index (χ1) is 11.5. The molecule has 1 heterocycles. The minimum atomic E-state index is -0.00370. The summed E-state index contributed by atoms with van der Waals surface area (Å²) >= 11 is 17.7. The van der Waals surface area contributed by atoms with E-state index in [1.165, 1.54) is 0 Å². The van der Waals surface area contributed by atoms with E-state index < -0.39 is 0 Å². The van der Waals surface area contributed by atoms with Gasteiger partial charge in [-0.3, -0.25) is 4.98 Å². The van der Waals surface area contributed by atoms with E-state index in [0.717, 1.165) is 11.4 Å². The number of hydrogen-bond donors (Lipinski definition) is 1. The maximum Gasteiger partial charge on any atom is 0.174 e. The maximum absolute atomic E-state index is 6.04. The molecular formula is C17H19Cl2N3OS. The molecule has 0 unspecified atom stereocenters. The van der Waals surface area contributed by atoms with Crippen LogP contribution in [0.15, 0.2) is 42.6 Å². The third-order valence-corrected chi connectivity index (χ3v) is 4.27. The van der Waals surface area contributed by atoms with Crippen LogP contribution in [0.5, 0.6) is 0 Å². The Labute approximate surface area is 157 Å². The van der Waals surface area contributed by atoms with Crippen molar-refractivity contribution in [2.45, 2.75) is 13.0 Å². The summed E-state index contributed by atoms with van der Waals surface area (Å²) in [4.78, 5) is 6.44. The number of thiocarbonyl (C=S) groups is 1. The molecule has 0 radical (unpaired) electrons. The Morgan fingerprint density at radius 1 is 1.29 bits per heavy atom. The van der Waals surface area contributed by atoms with Crippen LogP contribution in [0.3, 0.4) is 0 Å². The van der Waals surface area contributed by atoms with Crippen LogP contribution in [-0.4, -0.2) is 35.3 Å². The van der Waals surface area contributed by atoms with Crippen LogP contribution in [0.4, 0.5) is 5.69 Å². The zero-order valence-electron chi connectivity index (χ0n) is 13.5. The smallest absolute Gasteiger partial charge is 0.174 e. The Hall–Kier alpha value is -1.40. The first kappa shape index (κ1) is 18.9. The number of benzene rings is 1. The summed E-state index contributed by atoms with van der Waals surface area (Å²) in [7, 11) is 1.66. The number of ether oxygens (including phenoxy) is 1. The largest absolute Gasteiger partial charge is 0.383 e. The molecule has 24 heavy (non-hydrogen) atoms. The molecule has 4 nitrogen and oxygen atoms in total. The highest BCUT2D eigenvalue weighted by atomic mass is 35.5. The van der Waals surface area contributed by atoms with Crippen LogP contribution < -0.4 is 5.32 Å². The Morgan fingerprint density at radius 2 is 2.00 bits per heavy atom. The number of nitrogens with zero attached hydrogens (tertiary/aromatic N) is 2. The van der Waals surface area contributed by atoms with Crippen molar-refractivity contribution in [3.8, 4) is 0 Å². The van der Waals surface area contributed by atoms with Crippen molar-refractivity contribution in [2.24, 2.45) is 0 Å². The van der Waals surface area contributed by atoms with Gasteiger partial charge in [-0.1, -0.05) is 29.3 Å². The Balaban J connectivity index is 2.18. The van der Waals surface area contributed by atoms with Gasteiger partial charge in [0.15, 0.2) is 5.11 Å². The fourth-order valence-corrected chi connectivity index (χ4v) is 3.16. The lowest BCUT2D eigenvalue weighted by Gasteiger charge is -2.31. The minimum Gasteiger partial charge on any atom is -0.383 e. The second kappa shape index (κ2) is 9.18. The van der Waals surface area contributed by atoms with Crippen molar-refractivity contribution in [2.75, 3.05) is 25.6 Å². The molecular weight excluding hydrogens is 365 g/mol. The molecule has 1 atom stereocenters. The van der Waals surface area contributed by atoms with Gasteiger partial charge in [0.05, 0.1) is 18.3 Å². The van der Waals surface area contributed by atoms with Gasteiger partial charge in [-0.05, 0) is 49.5 Å². The number of rotatable bonds is 6. The van der Waals surface area contributed by atoms with Gasteiger partial charge < -0.3 is 15.0 Å². The van der Waals surface area contributed by atoms with Crippen LogP contribution in [0.1, 0.15) is 18.7 Å². The molecule has 0 aliphatic rings. The van der Waals surface area contributed by atoms with Gasteiger partial charge in [-0.15, -0.1) is 0 Å². The van der Waals surface area contributed by atoms with Crippen molar-refractivity contribution in [3.05, 3.63) is 58.3 Å². The van der Waals surface area contributed by atoms with Gasteiger partial charge in [0.2, 0.25) is 0 Å². The van der Waals surface area contributed by atoms with Crippen LogP contribution in [0.2, 0.25) is 10.0 Å². The zero-order chi connectivity index (χ0) is 17.5. The summed E-state index contributed by atoms with van der Waals surface area (Å²) in [5, 5.41) is 4.85. The molecule has 0 aliphatic heterocycles. The molecule has 0 fully saturated rings. The number of methoxy groups -OCH3 is 1. The van der Waals surface area contributed by atoms with Crippen LogP contribution >= 0.6 is 35.4 Å². The first-order valence-corrected chi connectivity index (χ1v) is 8.61. The van der Waals surface area contributed by atoms with E-state index in [-0.39, 0.29) is 6.04 Å². The number of pyridine rings is 1. The number of hydrogen-bond acceptors (Lipinski definition) is 3. The van der Waals surface area contributed by atoms with E-state index in [1.807, 2.05) is 23.1 Å². The van der Waals surface area contributed by atoms with E-state index in [9.17, 15) is 0 Å². The Morgan fingerprint density at radius 3 is 2.58 bits per heavy atom. The third kappa shape index (κ3) is 5.31. The molecule has 1 aromatic carbocycles. The molecule has 0 saturated heterocycles. The predicted octanol–water partition coefficient (Wildman–Crippen LogP) is 4.79. The SMILES string of the molecule is COCCN(C(=S)Nc1cc(Cl)cc(Cl)c1)[C@@H](C)c1ccccn1. The summed E-state index contributed by atoms with van der Waals surface area (Å²) in [5.74, 6) is 0. The summed E-state index contributed by atoms with van der Waals surface area (Å²) in [5.41, 5.74) is 1.68. The second-order valence-electron chi connectivity index (χ2n) is 5.21. The highest BCUT2D eigenvalue weighted by Gasteiger charge is 2.19. The third-order valence-electron chi connectivity index (χ3n) is 3.49. The van der Waals surface area contributed by atoms with Gasteiger partial charge in [0, 0.05) is 35.6 Å². The van der Waals surface area contributed by atoms with Gasteiger partial charge >= 0.3 is 0 Å². The minimum absolute atomic E-state index is 0.00370. The van der Waals surface area contributed by atoms with E-state index in [2.05, 4.69) is 17.2 Å². The molecule has 2 rings (SSSR count). The number of aromatic nitrogens is 1. The van der Waals surface area contributed by atoms with Gasteiger partial charge in [-0.2, -0.15) is 0 Å². The molecule has 0 saturated carbocycles. The lowest BCUT2D eigenvalue weighted by molar-refractivity contribution is 0.164. The Kier molecular flexibility index (Phi) is 7.24. The average molecular weight is 384 g/mol. The number of nitrogens with one attached hydrogen (secondary N) is 1. The maximum atomic E-state index is 6.04. The molecule has 2 aromatic rings. The van der Waals surface area contributed by atoms with Gasteiger partial charge in [-0.25, -0.2) is 0 Å². The molecule has 1 N–H and O–H groups in total. The number of anilines is 1. The van der Waals surface area contributed by atoms with Crippen molar-refractivity contribution in [1.82, 2.24) is 9.88 Å². The topological polar surface area (TPSA) is 37.4 Å². The van der Waals surface area contributed by atoms with E-state index >= 15 is 0 Å². The fraction of sp³-hybridized carbons (Fsp3) is 0.294. The van der Waals surface area contributed by atoms with E-state index in [0.29, 0.717) is 28.3 Å². The molecule has 128 valence electrons. The van der Waals surface area contributed by atoms with Crippen LogP contribution in [0, 0.1) is 0 Å². The molecule has 0 aliphatic carbocycles. The molecule has 0 amide bonds. The first-order valence-electron chi connectivity index (χ1n) is 7.45. The highest BCUT2D eigenvalue weighted by Crippen LogP contribution is 2.24. The number of halogens is 2. The predicted molar refractivity (Wildman–Crippen MR) is 104 cm³/mol. The molecule has 7 heteroatoms. The average Bonchev–Trinajstić information content (AvgIpc) is 2.54. The van der Waals surface area contributed by atoms with Gasteiger partial charge in [0.25, 0.3) is 0 Å². The van der Waals surface area contributed by atoms with Crippen molar-refractivity contribution in [1.29, 1.82) is 0 Å². The van der Waals surface area contributed by atoms with Crippen LogP contribution in [0.25, 0.3) is 0 Å². The molecule has 0 bridgehead atoms. The normalized spacial score (nSPS) is 11.8. The summed E-state index contributed by atoms with van der Waals surface area (Å²) in [6, 6.07) is 11.1. The summed E-state index contributed by atoms with van der Waals surface area (Å²) in [6.45, 7) is 3.24. The highest BCUT2D eigenvalue weighted by molar-refractivity contribution is 7.80. The summed E-state index contributed by atoms with van der Waals surface area (Å²) in [6.07, 6.45) is 1.77. The molecule has 0 spiro atoms. The van der Waals surface area contributed by atoms with Crippen LogP contribution in [-0.2, 0) is 4.74 Å². The zero-order valence-corrected chi connectivity index (χ0v) is 15.8. The standard InChI is InChI=1S/C17H19Cl2N3OS/c1-12(16-5-3-4-6-20-16)22(7-8-23-2)17(24)21-15-10-13(18)9-14(19)11-15/h3-6,9-12H,7-8H2,1-2H3,(H,21,24)/t12-/m0/s1. The van der Waals surface area contributed by atoms with Crippen molar-refractivity contribution >= 4 is 46.2 Å². The van der Waals surface area contributed by atoms with E-state index in [4.69, 9.17) is 40.2 Å². The van der Waals surface area contributed by atoms with Crippen molar-refractivity contribution < 1.29 is 4.74 Å². The monoisotopic (exact) mass is 383 g/mol. The quantitative estimate of drug-likeness (QED) is 0.725. The molecule has 1 aromatic heterocycles.